The highest BCUT2D eigenvalue weighted by molar-refractivity contribution is 7.47. The summed E-state index contributed by atoms with van der Waals surface area (Å²) in [5.41, 5.74) is 0. The molecular weight excluding hydrogens is 874 g/mol. The van der Waals surface area contributed by atoms with E-state index in [2.05, 4.69) is 19.2 Å². The molecule has 8 atom stereocenters. The fraction of sp³-hybridized carbons (Fsp3) is 0.981. The number of carbonyl (C=O) groups excluding carboxylic acids is 1. The van der Waals surface area contributed by atoms with Crippen LogP contribution in [0.2, 0.25) is 0 Å². The van der Waals surface area contributed by atoms with Crippen molar-refractivity contribution in [3.05, 3.63) is 0 Å². The Bertz CT molecular complexity index is 1150. The van der Waals surface area contributed by atoms with Crippen molar-refractivity contribution in [3.8, 4) is 0 Å². The number of nitrogens with one attached hydrogen (secondary N) is 1. The summed E-state index contributed by atoms with van der Waals surface area (Å²) in [7, 11) is -5.12. The number of carbonyl (C=O) groups is 1. The Morgan fingerprint density at radius 2 is 0.746 bits per heavy atom. The minimum absolute atomic E-state index is 0.215. The van der Waals surface area contributed by atoms with Gasteiger partial charge in [-0.2, -0.15) is 0 Å². The van der Waals surface area contributed by atoms with Crippen LogP contribution in [0.25, 0.3) is 0 Å². The predicted octanol–water partition coefficient (Wildman–Crippen LogP) is 11.2. The molecule has 67 heavy (non-hydrogen) atoms. The molecule has 1 saturated carbocycles. The monoisotopic (exact) mass is 980 g/mol. The number of phosphoric acid groups is 1. The van der Waals surface area contributed by atoms with Gasteiger partial charge in [0.05, 0.1) is 31.3 Å². The van der Waals surface area contributed by atoms with Crippen LogP contribution in [-0.2, 0) is 18.4 Å². The minimum atomic E-state index is -5.12. The van der Waals surface area contributed by atoms with Crippen molar-refractivity contribution in [3.63, 3.8) is 0 Å². The maximum Gasteiger partial charge on any atom is 0.472 e. The van der Waals surface area contributed by atoms with Gasteiger partial charge in [-0.15, -0.1) is 0 Å². The lowest BCUT2D eigenvalue weighted by atomic mass is 9.85. The van der Waals surface area contributed by atoms with Gasteiger partial charge in [-0.05, 0) is 12.8 Å². The zero-order valence-electron chi connectivity index (χ0n) is 42.8. The van der Waals surface area contributed by atoms with E-state index in [0.29, 0.717) is 12.8 Å². The molecule has 1 rings (SSSR count). The molecule has 14 heteroatoms. The SMILES string of the molecule is CCCCCCCCCCCCCCCCCCCCCCC(O)C(COP(=O)(O)OC1C(O)C(O)C(O)C(O)C1O)NC(=O)CC(O)CCCCCCCCCCCCCCCCCCC. The second-order valence-electron chi connectivity index (χ2n) is 20.3. The maximum atomic E-state index is 13.1. The predicted molar refractivity (Wildman–Crippen MR) is 271 cm³/mol. The number of amides is 1. The van der Waals surface area contributed by atoms with E-state index in [0.717, 1.165) is 44.9 Å². The van der Waals surface area contributed by atoms with Gasteiger partial charge >= 0.3 is 7.82 Å². The van der Waals surface area contributed by atoms with Crippen molar-refractivity contribution in [2.24, 2.45) is 0 Å². The van der Waals surface area contributed by atoms with Crippen LogP contribution in [-0.4, -0.2) is 108 Å². The smallest absolute Gasteiger partial charge is 0.393 e. The summed E-state index contributed by atoms with van der Waals surface area (Å²) in [6.07, 6.45) is 32.8. The first-order chi connectivity index (χ1) is 32.3. The van der Waals surface area contributed by atoms with Crippen LogP contribution in [0.1, 0.15) is 271 Å². The first-order valence-electron chi connectivity index (χ1n) is 28.1. The minimum Gasteiger partial charge on any atom is -0.393 e. The van der Waals surface area contributed by atoms with E-state index < -0.39 is 75.2 Å². The number of hydrogen-bond acceptors (Lipinski definition) is 11. The van der Waals surface area contributed by atoms with Gasteiger partial charge in [0.2, 0.25) is 5.91 Å². The highest BCUT2D eigenvalue weighted by Gasteiger charge is 2.51. The van der Waals surface area contributed by atoms with Crippen LogP contribution in [0, 0.1) is 0 Å². The van der Waals surface area contributed by atoms with Crippen LogP contribution in [0.15, 0.2) is 0 Å². The lowest BCUT2D eigenvalue weighted by Gasteiger charge is -2.41. The molecule has 0 aliphatic heterocycles. The van der Waals surface area contributed by atoms with E-state index in [4.69, 9.17) is 9.05 Å². The van der Waals surface area contributed by atoms with Crippen molar-refractivity contribution in [1.82, 2.24) is 5.32 Å². The number of phosphoric ester groups is 1. The Balaban J connectivity index is 2.41. The highest BCUT2D eigenvalue weighted by Crippen LogP contribution is 2.47. The molecule has 0 aromatic carbocycles. The molecule has 1 aliphatic rings. The molecule has 400 valence electrons. The average molecular weight is 980 g/mol. The van der Waals surface area contributed by atoms with Crippen molar-refractivity contribution in [1.29, 1.82) is 0 Å². The summed E-state index contributed by atoms with van der Waals surface area (Å²) in [5, 5.41) is 75.0. The molecule has 0 bridgehead atoms. The van der Waals surface area contributed by atoms with Crippen LogP contribution >= 0.6 is 7.82 Å². The first kappa shape index (κ1) is 64.3. The zero-order valence-corrected chi connectivity index (χ0v) is 43.7. The first-order valence-corrected chi connectivity index (χ1v) is 29.6. The molecule has 0 aromatic heterocycles. The average Bonchev–Trinajstić information content (AvgIpc) is 3.30. The second kappa shape index (κ2) is 42.9. The Hall–Kier alpha value is -0.700. The quantitative estimate of drug-likeness (QED) is 0.0205. The summed E-state index contributed by atoms with van der Waals surface area (Å²) >= 11 is 0. The van der Waals surface area contributed by atoms with Crippen LogP contribution < -0.4 is 5.32 Å². The molecule has 0 saturated heterocycles. The molecule has 0 aromatic rings. The van der Waals surface area contributed by atoms with Gasteiger partial charge in [0.15, 0.2) is 0 Å². The molecule has 13 nitrogen and oxygen atoms in total. The molecule has 9 N–H and O–H groups in total. The zero-order chi connectivity index (χ0) is 49.4. The second-order valence-corrected chi connectivity index (χ2v) is 21.7. The third-order valence-corrected chi connectivity index (χ3v) is 15.0. The van der Waals surface area contributed by atoms with Gasteiger partial charge in [0, 0.05) is 0 Å². The Morgan fingerprint density at radius 3 is 1.07 bits per heavy atom. The van der Waals surface area contributed by atoms with E-state index in [1.165, 1.54) is 186 Å². The maximum absolute atomic E-state index is 13.1. The number of rotatable bonds is 48. The lowest BCUT2D eigenvalue weighted by Crippen LogP contribution is -2.64. The highest BCUT2D eigenvalue weighted by atomic mass is 31.2. The van der Waals surface area contributed by atoms with Gasteiger partial charge < -0.3 is 46.0 Å². The summed E-state index contributed by atoms with van der Waals surface area (Å²) in [4.78, 5) is 23.6. The molecular formula is C53H106NO12P. The van der Waals surface area contributed by atoms with E-state index in [1.54, 1.807) is 0 Å². The Morgan fingerprint density at radius 1 is 0.463 bits per heavy atom. The fourth-order valence-corrected chi connectivity index (χ4v) is 10.4. The van der Waals surface area contributed by atoms with E-state index in [9.17, 15) is 50.0 Å². The number of aliphatic hydroxyl groups excluding tert-OH is 7. The molecule has 0 radical (unpaired) electrons. The van der Waals surface area contributed by atoms with Gasteiger partial charge in [-0.25, -0.2) is 4.57 Å². The number of aliphatic hydroxyl groups is 7. The third kappa shape index (κ3) is 34.3. The third-order valence-electron chi connectivity index (χ3n) is 14.0. The van der Waals surface area contributed by atoms with Crippen LogP contribution in [0.4, 0.5) is 0 Å². The Labute approximate surface area is 409 Å². The fourth-order valence-electron chi connectivity index (χ4n) is 9.43. The van der Waals surface area contributed by atoms with Crippen molar-refractivity contribution in [2.75, 3.05) is 6.61 Å². The summed E-state index contributed by atoms with van der Waals surface area (Å²) in [6, 6.07) is -1.15. The summed E-state index contributed by atoms with van der Waals surface area (Å²) in [5.74, 6) is -0.553. The Kier molecular flexibility index (Phi) is 41.2. The van der Waals surface area contributed by atoms with Crippen molar-refractivity contribution in [2.45, 2.75) is 326 Å². The van der Waals surface area contributed by atoms with Crippen LogP contribution in [0.5, 0.6) is 0 Å². The molecule has 1 aliphatic carbocycles. The van der Waals surface area contributed by atoms with Gasteiger partial charge in [-0.1, -0.05) is 251 Å². The van der Waals surface area contributed by atoms with E-state index in [1.807, 2.05) is 0 Å². The standard InChI is InChI=1S/C53H106NO12P/c1-3-5-7-9-11-13-15-17-19-21-22-23-25-27-29-31-33-35-37-39-41-46(56)45(43-65-67(63,64)66-53-51(61)49(59)48(58)50(60)52(53)62)54-47(57)42-44(55)40-38-36-34-32-30-28-26-24-20-18-16-14-12-10-8-6-4-2/h44-46,48-53,55-56,58-62H,3-43H2,1-2H3,(H,54,57)(H,63,64). The van der Waals surface area contributed by atoms with Crippen molar-refractivity contribution < 1.29 is 59.0 Å². The largest absolute Gasteiger partial charge is 0.472 e. The molecule has 1 fully saturated rings. The summed E-state index contributed by atoms with van der Waals surface area (Å²) in [6.45, 7) is 3.84. The molecule has 0 heterocycles. The normalized spacial score (nSPS) is 22.1. The molecule has 8 unspecified atom stereocenters. The number of hydrogen-bond donors (Lipinski definition) is 9. The summed E-state index contributed by atoms with van der Waals surface area (Å²) < 4.78 is 23.0. The van der Waals surface area contributed by atoms with Gasteiger partial charge in [0.25, 0.3) is 0 Å². The molecule has 1 amide bonds. The molecule has 0 spiro atoms. The van der Waals surface area contributed by atoms with Crippen molar-refractivity contribution >= 4 is 13.7 Å². The number of unbranched alkanes of at least 4 members (excludes halogenated alkanes) is 35. The van der Waals surface area contributed by atoms with Gasteiger partial charge in [0.1, 0.15) is 36.6 Å². The lowest BCUT2D eigenvalue weighted by molar-refractivity contribution is -0.220. The van der Waals surface area contributed by atoms with E-state index in [-0.39, 0.29) is 12.8 Å². The van der Waals surface area contributed by atoms with Gasteiger partial charge in [-0.3, -0.25) is 13.8 Å². The van der Waals surface area contributed by atoms with Crippen LogP contribution in [0.3, 0.4) is 0 Å². The van der Waals surface area contributed by atoms with E-state index >= 15 is 0 Å². The topological polar surface area (TPSA) is 226 Å².